The first-order valence-electron chi connectivity index (χ1n) is 9.19. The fourth-order valence-electron chi connectivity index (χ4n) is 3.28. The Morgan fingerprint density at radius 3 is 2.18 bits per heavy atom. The largest absolute Gasteiger partial charge is 0.350 e. The van der Waals surface area contributed by atoms with Crippen LogP contribution in [0.3, 0.4) is 0 Å². The van der Waals surface area contributed by atoms with Crippen molar-refractivity contribution in [1.82, 2.24) is 5.32 Å². The van der Waals surface area contributed by atoms with Crippen LogP contribution >= 0.6 is 12.4 Å². The fourth-order valence-corrected chi connectivity index (χ4v) is 3.28. The molecule has 150 valence electrons. The van der Waals surface area contributed by atoms with E-state index in [-0.39, 0.29) is 30.0 Å². The lowest BCUT2D eigenvalue weighted by atomic mass is 9.82. The molecule has 0 aromatic heterocycles. The zero-order chi connectivity index (χ0) is 19.3. The number of halogens is 2. The molecule has 5 nitrogen and oxygen atoms in total. The third-order valence-corrected chi connectivity index (χ3v) is 4.97. The number of nitrogens with one attached hydrogen (secondary N) is 2. The third-order valence-electron chi connectivity index (χ3n) is 4.97. The number of carbonyl (C=O) groups excluding carboxylic acids is 2. The van der Waals surface area contributed by atoms with Gasteiger partial charge in [0.15, 0.2) is 0 Å². The monoisotopic (exact) mass is 405 g/mol. The van der Waals surface area contributed by atoms with Crippen LogP contribution < -0.4 is 16.4 Å². The number of nitrogens with two attached hydrogens (primary N) is 1. The van der Waals surface area contributed by atoms with Crippen molar-refractivity contribution < 1.29 is 14.0 Å². The summed E-state index contributed by atoms with van der Waals surface area (Å²) in [6.07, 6.45) is 4.58. The molecule has 1 saturated carbocycles. The first-order valence-corrected chi connectivity index (χ1v) is 9.19. The van der Waals surface area contributed by atoms with E-state index in [0.29, 0.717) is 17.8 Å². The lowest BCUT2D eigenvalue weighted by molar-refractivity contribution is -0.127. The number of anilines is 1. The molecule has 28 heavy (non-hydrogen) atoms. The van der Waals surface area contributed by atoms with Gasteiger partial charge in [0.2, 0.25) is 5.91 Å². The maximum Gasteiger partial charge on any atom is 0.255 e. The van der Waals surface area contributed by atoms with E-state index >= 15 is 0 Å². The smallest absolute Gasteiger partial charge is 0.255 e. The molecule has 2 amide bonds. The molecule has 0 saturated heterocycles. The van der Waals surface area contributed by atoms with Gasteiger partial charge < -0.3 is 16.4 Å². The highest BCUT2D eigenvalue weighted by atomic mass is 35.5. The zero-order valence-electron chi connectivity index (χ0n) is 15.5. The molecule has 0 bridgehead atoms. The summed E-state index contributed by atoms with van der Waals surface area (Å²) in [6.45, 7) is 0.393. The van der Waals surface area contributed by atoms with Gasteiger partial charge in [-0.15, -0.1) is 12.4 Å². The van der Waals surface area contributed by atoms with Gasteiger partial charge in [0.05, 0.1) is 5.54 Å². The summed E-state index contributed by atoms with van der Waals surface area (Å²) in [7, 11) is 0. The van der Waals surface area contributed by atoms with Gasteiger partial charge in [-0.1, -0.05) is 31.4 Å². The number of amides is 2. The van der Waals surface area contributed by atoms with E-state index in [0.717, 1.165) is 37.7 Å². The van der Waals surface area contributed by atoms with Crippen LogP contribution in [0.15, 0.2) is 48.5 Å². The van der Waals surface area contributed by atoms with Gasteiger partial charge in [-0.05, 0) is 54.8 Å². The minimum absolute atomic E-state index is 0. The van der Waals surface area contributed by atoms with Crippen molar-refractivity contribution >= 4 is 29.9 Å². The number of benzene rings is 2. The summed E-state index contributed by atoms with van der Waals surface area (Å²) in [5.41, 5.74) is 7.41. The molecule has 0 atom stereocenters. The van der Waals surface area contributed by atoms with Crippen LogP contribution in [0.2, 0.25) is 0 Å². The summed E-state index contributed by atoms with van der Waals surface area (Å²) in [5, 5.41) is 5.67. The molecule has 0 unspecified atom stereocenters. The summed E-state index contributed by atoms with van der Waals surface area (Å²) in [6, 6.07) is 12.6. The van der Waals surface area contributed by atoms with Crippen molar-refractivity contribution in [2.45, 2.75) is 44.2 Å². The lowest BCUT2D eigenvalue weighted by Crippen LogP contribution is -2.54. The molecule has 0 heterocycles. The normalized spacial score (nSPS) is 15.2. The highest BCUT2D eigenvalue weighted by molar-refractivity contribution is 6.04. The maximum absolute atomic E-state index is 12.9. The topological polar surface area (TPSA) is 84.2 Å². The van der Waals surface area contributed by atoms with Crippen molar-refractivity contribution in [2.24, 2.45) is 5.73 Å². The molecule has 2 aromatic carbocycles. The summed E-state index contributed by atoms with van der Waals surface area (Å²) in [5.74, 6) is -0.792. The predicted molar refractivity (Wildman–Crippen MR) is 110 cm³/mol. The molecule has 1 fully saturated rings. The van der Waals surface area contributed by atoms with Crippen LogP contribution in [-0.4, -0.2) is 17.4 Å². The van der Waals surface area contributed by atoms with Gasteiger partial charge in [-0.25, -0.2) is 4.39 Å². The van der Waals surface area contributed by atoms with Crippen molar-refractivity contribution in [3.8, 4) is 0 Å². The van der Waals surface area contributed by atoms with Gasteiger partial charge >= 0.3 is 0 Å². The van der Waals surface area contributed by atoms with Crippen molar-refractivity contribution in [3.05, 3.63) is 65.5 Å². The minimum atomic E-state index is -0.749. The Bertz CT molecular complexity index is 803. The Hall–Kier alpha value is -2.44. The Morgan fingerprint density at radius 1 is 0.964 bits per heavy atom. The number of hydrogen-bond acceptors (Lipinski definition) is 3. The fraction of sp³-hybridized carbons (Fsp3) is 0.333. The molecule has 3 rings (SSSR count). The molecule has 0 radical (unpaired) electrons. The summed E-state index contributed by atoms with van der Waals surface area (Å²) >= 11 is 0. The molecule has 0 aliphatic heterocycles. The molecule has 1 aliphatic rings. The van der Waals surface area contributed by atoms with Gasteiger partial charge in [0.25, 0.3) is 5.91 Å². The van der Waals surface area contributed by atoms with E-state index in [9.17, 15) is 14.0 Å². The Balaban J connectivity index is 0.00000280. The first kappa shape index (κ1) is 21.9. The lowest BCUT2D eigenvalue weighted by Gasteiger charge is -2.31. The number of rotatable bonds is 5. The highest BCUT2D eigenvalue weighted by Crippen LogP contribution is 2.26. The standard InChI is InChI=1S/C21H24FN3O2.ClH/c22-17-8-6-16(7-9-17)19(26)25-18-10-4-15(5-11-18)14-24-20(27)21(23)12-2-1-3-13-21;/h4-11H,1-3,12-14,23H2,(H,24,27)(H,25,26);1H. The molecule has 0 spiro atoms. The van der Waals surface area contributed by atoms with Gasteiger partial charge in [-0.3, -0.25) is 9.59 Å². The number of carbonyl (C=O) groups is 2. The van der Waals surface area contributed by atoms with Crippen molar-refractivity contribution in [1.29, 1.82) is 0 Å². The SMILES string of the molecule is Cl.NC1(C(=O)NCc2ccc(NC(=O)c3ccc(F)cc3)cc2)CCCCC1. The van der Waals surface area contributed by atoms with Crippen LogP contribution in [0.5, 0.6) is 0 Å². The van der Waals surface area contributed by atoms with Crippen LogP contribution in [0.25, 0.3) is 0 Å². The second-order valence-corrected chi connectivity index (χ2v) is 7.06. The second kappa shape index (κ2) is 9.66. The first-order chi connectivity index (χ1) is 13.0. The van der Waals surface area contributed by atoms with Gasteiger partial charge in [0, 0.05) is 17.8 Å². The average Bonchev–Trinajstić information content (AvgIpc) is 2.68. The van der Waals surface area contributed by atoms with E-state index in [1.54, 1.807) is 12.1 Å². The quantitative estimate of drug-likeness (QED) is 0.707. The van der Waals surface area contributed by atoms with Crippen LogP contribution in [0.1, 0.15) is 48.0 Å². The van der Waals surface area contributed by atoms with Crippen LogP contribution in [0.4, 0.5) is 10.1 Å². The van der Waals surface area contributed by atoms with Gasteiger partial charge in [-0.2, -0.15) is 0 Å². The Kier molecular flexibility index (Phi) is 7.54. The summed E-state index contributed by atoms with van der Waals surface area (Å²) in [4.78, 5) is 24.5. The van der Waals surface area contributed by atoms with E-state index < -0.39 is 5.54 Å². The summed E-state index contributed by atoms with van der Waals surface area (Å²) < 4.78 is 12.9. The number of hydrogen-bond donors (Lipinski definition) is 3. The maximum atomic E-state index is 12.9. The zero-order valence-corrected chi connectivity index (χ0v) is 16.4. The molecular formula is C21H25ClFN3O2. The average molecular weight is 406 g/mol. The minimum Gasteiger partial charge on any atom is -0.350 e. The van der Waals surface area contributed by atoms with Crippen LogP contribution in [-0.2, 0) is 11.3 Å². The molecular weight excluding hydrogens is 381 g/mol. The van der Waals surface area contributed by atoms with E-state index in [4.69, 9.17) is 5.73 Å². The second-order valence-electron chi connectivity index (χ2n) is 7.06. The predicted octanol–water partition coefficient (Wildman–Crippen LogP) is 3.78. The molecule has 1 aliphatic carbocycles. The molecule has 2 aromatic rings. The molecule has 7 heteroatoms. The van der Waals surface area contributed by atoms with Crippen molar-refractivity contribution in [2.75, 3.05) is 5.32 Å². The third kappa shape index (κ3) is 5.53. The van der Waals surface area contributed by atoms with Crippen molar-refractivity contribution in [3.63, 3.8) is 0 Å². The van der Waals surface area contributed by atoms with E-state index in [2.05, 4.69) is 10.6 Å². The van der Waals surface area contributed by atoms with E-state index in [1.165, 1.54) is 24.3 Å². The molecule has 4 N–H and O–H groups in total. The highest BCUT2D eigenvalue weighted by Gasteiger charge is 2.34. The Morgan fingerprint density at radius 2 is 1.57 bits per heavy atom. The van der Waals surface area contributed by atoms with Gasteiger partial charge in [0.1, 0.15) is 5.82 Å². The van der Waals surface area contributed by atoms with E-state index in [1.807, 2.05) is 12.1 Å². The van der Waals surface area contributed by atoms with Crippen LogP contribution in [0, 0.1) is 5.82 Å². The Labute approximate surface area is 170 Å².